The van der Waals surface area contributed by atoms with E-state index in [-0.39, 0.29) is 49.2 Å². The Labute approximate surface area is 132 Å². The molecule has 1 aromatic rings. The van der Waals surface area contributed by atoms with Crippen LogP contribution < -0.4 is 5.32 Å². The number of rotatable bonds is 2. The predicted molar refractivity (Wildman–Crippen MR) is 77.5 cm³/mol. The lowest BCUT2D eigenvalue weighted by Gasteiger charge is -2.36. The first-order chi connectivity index (χ1) is 8.89. The molecular weight excluding hydrogens is 332 g/mol. The van der Waals surface area contributed by atoms with Crippen molar-refractivity contribution in [3.05, 3.63) is 23.8 Å². The van der Waals surface area contributed by atoms with E-state index in [4.69, 9.17) is 5.11 Å². The molecule has 0 amide bonds. The molecule has 1 aliphatic heterocycles. The van der Waals surface area contributed by atoms with Crippen LogP contribution in [-0.2, 0) is 0 Å². The molecule has 21 heavy (non-hydrogen) atoms. The van der Waals surface area contributed by atoms with E-state index in [9.17, 15) is 18.3 Å². The zero-order chi connectivity index (χ0) is 14.0. The van der Waals surface area contributed by atoms with Crippen LogP contribution in [0.4, 0.5) is 13.2 Å². The van der Waals surface area contributed by atoms with Crippen molar-refractivity contribution in [1.82, 2.24) is 10.2 Å². The Morgan fingerprint density at radius 2 is 1.67 bits per heavy atom. The molecule has 122 valence electrons. The molecule has 0 aliphatic carbocycles. The number of hydrogen-bond acceptors (Lipinski definition) is 4. The Morgan fingerprint density at radius 3 is 2.14 bits per heavy atom. The molecule has 0 unspecified atom stereocenters. The molecule has 3 N–H and O–H groups in total. The highest BCUT2D eigenvalue weighted by molar-refractivity contribution is 5.85. The van der Waals surface area contributed by atoms with Gasteiger partial charge in [-0.1, -0.05) is 0 Å². The molecule has 9 heteroatoms. The van der Waals surface area contributed by atoms with Crippen LogP contribution in [-0.4, -0.2) is 47.5 Å². The SMILES string of the molecule is Cl.Cl.Oc1ccc([C@@H](N2CCNCC2)C(F)(F)F)c(O)c1. The summed E-state index contributed by atoms with van der Waals surface area (Å²) in [6, 6.07) is 1.34. The molecule has 0 radical (unpaired) electrons. The van der Waals surface area contributed by atoms with Gasteiger partial charge in [0.05, 0.1) is 0 Å². The molecule has 1 aliphatic rings. The number of nitrogens with zero attached hydrogens (tertiary/aromatic N) is 1. The second kappa shape index (κ2) is 7.93. The van der Waals surface area contributed by atoms with Gasteiger partial charge >= 0.3 is 6.18 Å². The van der Waals surface area contributed by atoms with Gasteiger partial charge in [-0.3, -0.25) is 4.90 Å². The van der Waals surface area contributed by atoms with Crippen LogP contribution in [0, 0.1) is 0 Å². The number of halogens is 5. The minimum absolute atomic E-state index is 0. The molecule has 1 aromatic carbocycles. The van der Waals surface area contributed by atoms with Crippen molar-refractivity contribution in [2.75, 3.05) is 26.2 Å². The number of alkyl halides is 3. The van der Waals surface area contributed by atoms with Crippen LogP contribution in [0.25, 0.3) is 0 Å². The summed E-state index contributed by atoms with van der Waals surface area (Å²) in [5.41, 5.74) is -0.229. The third-order valence-electron chi connectivity index (χ3n) is 3.14. The second-order valence-electron chi connectivity index (χ2n) is 4.47. The monoisotopic (exact) mass is 348 g/mol. The van der Waals surface area contributed by atoms with E-state index in [1.54, 1.807) is 0 Å². The van der Waals surface area contributed by atoms with Gasteiger partial charge in [0.1, 0.15) is 17.5 Å². The minimum atomic E-state index is -4.48. The van der Waals surface area contributed by atoms with Gasteiger partial charge in [-0.2, -0.15) is 13.2 Å². The van der Waals surface area contributed by atoms with Gasteiger partial charge in [-0.25, -0.2) is 0 Å². The predicted octanol–water partition coefficient (Wildman–Crippen LogP) is 2.45. The number of aromatic hydroxyl groups is 2. The lowest BCUT2D eigenvalue weighted by molar-refractivity contribution is -0.188. The average Bonchev–Trinajstić information content (AvgIpc) is 2.32. The molecule has 0 spiro atoms. The Hall–Kier alpha value is -0.890. The van der Waals surface area contributed by atoms with Crippen molar-refractivity contribution in [3.63, 3.8) is 0 Å². The summed E-state index contributed by atoms with van der Waals surface area (Å²) in [4.78, 5) is 1.28. The fraction of sp³-hybridized carbons (Fsp3) is 0.500. The van der Waals surface area contributed by atoms with E-state index in [0.29, 0.717) is 13.1 Å². The lowest BCUT2D eigenvalue weighted by Crippen LogP contribution is -2.49. The Bertz CT molecular complexity index is 455. The molecule has 0 saturated carbocycles. The molecule has 1 heterocycles. The minimum Gasteiger partial charge on any atom is -0.508 e. The van der Waals surface area contributed by atoms with Crippen LogP contribution in [0.5, 0.6) is 11.5 Å². The molecule has 1 saturated heterocycles. The van der Waals surface area contributed by atoms with Crippen LogP contribution in [0.3, 0.4) is 0 Å². The van der Waals surface area contributed by atoms with Crippen LogP contribution >= 0.6 is 24.8 Å². The van der Waals surface area contributed by atoms with Crippen molar-refractivity contribution in [3.8, 4) is 11.5 Å². The number of nitrogens with one attached hydrogen (secondary N) is 1. The van der Waals surface area contributed by atoms with E-state index < -0.39 is 18.0 Å². The van der Waals surface area contributed by atoms with E-state index in [1.165, 1.54) is 4.90 Å². The van der Waals surface area contributed by atoms with Gasteiger partial charge in [0, 0.05) is 37.8 Å². The zero-order valence-corrected chi connectivity index (χ0v) is 12.6. The number of phenolic OH excluding ortho intramolecular Hbond substituents is 2. The Morgan fingerprint density at radius 1 is 1.10 bits per heavy atom. The van der Waals surface area contributed by atoms with Gasteiger partial charge in [-0.15, -0.1) is 24.8 Å². The summed E-state index contributed by atoms with van der Waals surface area (Å²) in [7, 11) is 0. The number of hydrogen-bond donors (Lipinski definition) is 3. The third-order valence-corrected chi connectivity index (χ3v) is 3.14. The fourth-order valence-electron chi connectivity index (χ4n) is 2.28. The number of phenols is 2. The normalized spacial score (nSPS) is 17.5. The molecule has 2 rings (SSSR count). The molecule has 0 bridgehead atoms. The largest absolute Gasteiger partial charge is 0.508 e. The van der Waals surface area contributed by atoms with Gasteiger partial charge < -0.3 is 15.5 Å². The first-order valence-corrected chi connectivity index (χ1v) is 5.93. The molecule has 1 atom stereocenters. The maximum Gasteiger partial charge on any atom is 0.408 e. The van der Waals surface area contributed by atoms with E-state index in [2.05, 4.69) is 5.32 Å². The fourth-order valence-corrected chi connectivity index (χ4v) is 2.28. The second-order valence-corrected chi connectivity index (χ2v) is 4.47. The van der Waals surface area contributed by atoms with Gasteiger partial charge in [0.25, 0.3) is 0 Å². The maximum atomic E-state index is 13.2. The van der Waals surface area contributed by atoms with Crippen LogP contribution in [0.1, 0.15) is 11.6 Å². The highest BCUT2D eigenvalue weighted by Gasteiger charge is 2.46. The molecular formula is C12H17Cl2F3N2O2. The van der Waals surface area contributed by atoms with Crippen LogP contribution in [0.15, 0.2) is 18.2 Å². The first kappa shape index (κ1) is 20.1. The lowest BCUT2D eigenvalue weighted by atomic mass is 10.0. The summed E-state index contributed by atoms with van der Waals surface area (Å²) in [6.45, 7) is 1.46. The number of benzene rings is 1. The van der Waals surface area contributed by atoms with Gasteiger partial charge in [-0.05, 0) is 12.1 Å². The standard InChI is InChI=1S/C12H15F3N2O2.2ClH/c13-12(14,15)11(17-5-3-16-4-6-17)9-2-1-8(18)7-10(9)19;;/h1-2,7,11,16,18-19H,3-6H2;2*1H/t11-;;/m1../s1. The summed E-state index contributed by atoms with van der Waals surface area (Å²) in [5.74, 6) is -0.802. The van der Waals surface area contributed by atoms with Crippen molar-refractivity contribution in [2.24, 2.45) is 0 Å². The van der Waals surface area contributed by atoms with Gasteiger partial charge in [0.15, 0.2) is 0 Å². The highest BCUT2D eigenvalue weighted by atomic mass is 35.5. The van der Waals surface area contributed by atoms with Crippen molar-refractivity contribution in [1.29, 1.82) is 0 Å². The molecule has 1 fully saturated rings. The van der Waals surface area contributed by atoms with E-state index in [0.717, 1.165) is 18.2 Å². The summed E-state index contributed by atoms with van der Waals surface area (Å²) >= 11 is 0. The Kier molecular flexibility index (Phi) is 7.60. The quantitative estimate of drug-likeness (QED) is 0.768. The van der Waals surface area contributed by atoms with Crippen molar-refractivity contribution < 1.29 is 23.4 Å². The maximum absolute atomic E-state index is 13.2. The zero-order valence-electron chi connectivity index (χ0n) is 10.9. The molecule has 0 aromatic heterocycles. The van der Waals surface area contributed by atoms with E-state index >= 15 is 0 Å². The average molecular weight is 349 g/mol. The summed E-state index contributed by atoms with van der Waals surface area (Å²) < 4.78 is 39.7. The van der Waals surface area contributed by atoms with Crippen LogP contribution in [0.2, 0.25) is 0 Å². The topological polar surface area (TPSA) is 55.7 Å². The van der Waals surface area contributed by atoms with Crippen molar-refractivity contribution >= 4 is 24.8 Å². The van der Waals surface area contributed by atoms with E-state index in [1.807, 2.05) is 0 Å². The highest BCUT2D eigenvalue weighted by Crippen LogP contribution is 2.42. The molecule has 4 nitrogen and oxygen atoms in total. The first-order valence-electron chi connectivity index (χ1n) is 5.93. The summed E-state index contributed by atoms with van der Waals surface area (Å²) in [6.07, 6.45) is -4.48. The van der Waals surface area contributed by atoms with Gasteiger partial charge in [0.2, 0.25) is 0 Å². The summed E-state index contributed by atoms with van der Waals surface area (Å²) in [5, 5.41) is 21.8. The number of piperazine rings is 1. The third kappa shape index (κ3) is 4.81. The smallest absolute Gasteiger partial charge is 0.408 e. The Balaban J connectivity index is 0.00000200. The van der Waals surface area contributed by atoms with Crippen molar-refractivity contribution in [2.45, 2.75) is 12.2 Å².